The van der Waals surface area contributed by atoms with Crippen molar-refractivity contribution in [2.45, 2.75) is 0 Å². The van der Waals surface area contributed by atoms with Crippen LogP contribution in [0, 0.1) is 10.1 Å². The van der Waals surface area contributed by atoms with Crippen molar-refractivity contribution in [1.29, 1.82) is 0 Å². The number of nitro benzene ring substituents is 1. The van der Waals surface area contributed by atoms with E-state index in [0.717, 1.165) is 12.1 Å². The van der Waals surface area contributed by atoms with Gasteiger partial charge in [0.15, 0.2) is 5.75 Å². The van der Waals surface area contributed by atoms with Gasteiger partial charge in [-0.15, -0.1) is 0 Å². The SMILES string of the molecule is NNC(=O)c1ccc(OC(=O)c2ccc(O)c([N+](=O)[O-])c2)c2ccccc12. The zero-order chi connectivity index (χ0) is 19.6. The number of amides is 1. The third-order valence-corrected chi connectivity index (χ3v) is 3.87. The number of nitrogens with zero attached hydrogens (tertiary/aromatic N) is 1. The second-order valence-electron chi connectivity index (χ2n) is 5.48. The lowest BCUT2D eigenvalue weighted by Crippen LogP contribution is -2.30. The summed E-state index contributed by atoms with van der Waals surface area (Å²) in [6.45, 7) is 0. The molecule has 0 atom stereocenters. The third-order valence-electron chi connectivity index (χ3n) is 3.87. The van der Waals surface area contributed by atoms with E-state index in [1.54, 1.807) is 24.3 Å². The molecule has 3 aromatic rings. The van der Waals surface area contributed by atoms with E-state index in [1.165, 1.54) is 18.2 Å². The summed E-state index contributed by atoms with van der Waals surface area (Å²) in [4.78, 5) is 34.4. The van der Waals surface area contributed by atoms with E-state index in [2.05, 4.69) is 0 Å². The Morgan fingerprint density at radius 2 is 1.78 bits per heavy atom. The molecule has 136 valence electrons. The van der Waals surface area contributed by atoms with E-state index in [0.29, 0.717) is 16.3 Å². The van der Waals surface area contributed by atoms with Gasteiger partial charge in [-0.05, 0) is 29.7 Å². The molecule has 3 rings (SSSR count). The number of hydrogen-bond acceptors (Lipinski definition) is 7. The quantitative estimate of drug-likeness (QED) is 0.160. The molecule has 9 heteroatoms. The smallest absolute Gasteiger partial charge is 0.343 e. The molecular formula is C18H13N3O6. The van der Waals surface area contributed by atoms with E-state index in [4.69, 9.17) is 10.6 Å². The molecule has 9 nitrogen and oxygen atoms in total. The number of phenolic OH excluding ortho intramolecular Hbond substituents is 1. The lowest BCUT2D eigenvalue weighted by molar-refractivity contribution is -0.385. The van der Waals surface area contributed by atoms with Gasteiger partial charge in [0.25, 0.3) is 5.91 Å². The molecular weight excluding hydrogens is 354 g/mol. The number of carbonyl (C=O) groups excluding carboxylic acids is 2. The van der Waals surface area contributed by atoms with Crippen LogP contribution in [0.2, 0.25) is 0 Å². The summed E-state index contributed by atoms with van der Waals surface area (Å²) in [5, 5.41) is 21.4. The fourth-order valence-electron chi connectivity index (χ4n) is 2.59. The molecule has 0 unspecified atom stereocenters. The molecule has 0 aliphatic carbocycles. The number of ether oxygens (including phenoxy) is 1. The summed E-state index contributed by atoms with van der Waals surface area (Å²) in [7, 11) is 0. The van der Waals surface area contributed by atoms with Crippen molar-refractivity contribution in [2.75, 3.05) is 0 Å². The van der Waals surface area contributed by atoms with Gasteiger partial charge in [0.1, 0.15) is 5.75 Å². The van der Waals surface area contributed by atoms with Crippen LogP contribution in [-0.2, 0) is 0 Å². The molecule has 27 heavy (non-hydrogen) atoms. The topological polar surface area (TPSA) is 145 Å². The van der Waals surface area contributed by atoms with Crippen molar-refractivity contribution in [3.05, 3.63) is 75.8 Å². The van der Waals surface area contributed by atoms with Gasteiger partial charge in [0.05, 0.1) is 10.5 Å². The van der Waals surface area contributed by atoms with Crippen molar-refractivity contribution in [2.24, 2.45) is 5.84 Å². The van der Waals surface area contributed by atoms with Gasteiger partial charge in [-0.25, -0.2) is 10.6 Å². The normalized spacial score (nSPS) is 10.4. The second kappa shape index (κ2) is 7.10. The van der Waals surface area contributed by atoms with Gasteiger partial charge >= 0.3 is 11.7 Å². The number of fused-ring (bicyclic) bond motifs is 1. The fourth-order valence-corrected chi connectivity index (χ4v) is 2.59. The summed E-state index contributed by atoms with van der Waals surface area (Å²) >= 11 is 0. The molecule has 0 aromatic heterocycles. The molecule has 0 spiro atoms. The van der Waals surface area contributed by atoms with Crippen molar-refractivity contribution < 1.29 is 24.4 Å². The molecule has 0 heterocycles. The minimum Gasteiger partial charge on any atom is -0.502 e. The maximum absolute atomic E-state index is 12.4. The Kier molecular flexibility index (Phi) is 4.69. The number of esters is 1. The Labute approximate surface area is 152 Å². The molecule has 1 amide bonds. The first-order chi connectivity index (χ1) is 12.9. The monoisotopic (exact) mass is 367 g/mol. The van der Waals surface area contributed by atoms with Gasteiger partial charge in [-0.2, -0.15) is 0 Å². The molecule has 0 aliphatic heterocycles. The van der Waals surface area contributed by atoms with Gasteiger partial charge < -0.3 is 9.84 Å². The number of benzene rings is 3. The van der Waals surface area contributed by atoms with Crippen LogP contribution in [0.4, 0.5) is 5.69 Å². The Morgan fingerprint density at radius 1 is 1.07 bits per heavy atom. The Hall–Kier alpha value is -3.98. The number of carbonyl (C=O) groups is 2. The molecule has 3 aromatic carbocycles. The van der Waals surface area contributed by atoms with Crippen molar-refractivity contribution in [3.63, 3.8) is 0 Å². The maximum Gasteiger partial charge on any atom is 0.343 e. The standard InChI is InChI=1S/C18H13N3O6/c19-20-17(23)13-6-8-16(12-4-2-1-3-11(12)13)27-18(24)10-5-7-15(22)14(9-10)21(25)26/h1-9,22H,19H2,(H,20,23). The van der Waals surface area contributed by atoms with Crippen LogP contribution in [0.15, 0.2) is 54.6 Å². The predicted molar refractivity (Wildman–Crippen MR) is 95.3 cm³/mol. The van der Waals surface area contributed by atoms with Crippen LogP contribution in [0.5, 0.6) is 11.5 Å². The summed E-state index contributed by atoms with van der Waals surface area (Å²) in [5.41, 5.74) is 1.64. The first kappa shape index (κ1) is 17.8. The Balaban J connectivity index is 2.00. The van der Waals surface area contributed by atoms with E-state index < -0.39 is 28.2 Å². The molecule has 0 bridgehead atoms. The second-order valence-corrected chi connectivity index (χ2v) is 5.48. The number of rotatable bonds is 4. The van der Waals surface area contributed by atoms with Crippen LogP contribution >= 0.6 is 0 Å². The molecule has 4 N–H and O–H groups in total. The number of nitrogen functional groups attached to an aromatic ring is 1. The maximum atomic E-state index is 12.4. The van der Waals surface area contributed by atoms with Gasteiger partial charge in [-0.3, -0.25) is 20.3 Å². The van der Waals surface area contributed by atoms with Crippen LogP contribution in [0.1, 0.15) is 20.7 Å². The number of nitrogens with two attached hydrogens (primary N) is 1. The van der Waals surface area contributed by atoms with E-state index in [-0.39, 0.29) is 11.3 Å². The average molecular weight is 367 g/mol. The number of hydrogen-bond donors (Lipinski definition) is 3. The Morgan fingerprint density at radius 3 is 2.44 bits per heavy atom. The van der Waals surface area contributed by atoms with E-state index >= 15 is 0 Å². The lowest BCUT2D eigenvalue weighted by Gasteiger charge is -2.11. The molecule has 0 radical (unpaired) electrons. The zero-order valence-electron chi connectivity index (χ0n) is 13.7. The Bertz CT molecular complexity index is 1080. The fraction of sp³-hybridized carbons (Fsp3) is 0. The summed E-state index contributed by atoms with van der Waals surface area (Å²) in [6, 6.07) is 12.8. The number of nitro groups is 1. The molecule has 0 saturated heterocycles. The van der Waals surface area contributed by atoms with Crippen LogP contribution < -0.4 is 16.0 Å². The minimum absolute atomic E-state index is 0.104. The first-order valence-corrected chi connectivity index (χ1v) is 7.64. The van der Waals surface area contributed by atoms with E-state index in [1.807, 2.05) is 5.43 Å². The molecule has 0 aliphatic rings. The highest BCUT2D eigenvalue weighted by Crippen LogP contribution is 2.30. The van der Waals surface area contributed by atoms with Gasteiger partial charge in [0.2, 0.25) is 0 Å². The zero-order valence-corrected chi connectivity index (χ0v) is 13.7. The molecule has 0 fully saturated rings. The highest BCUT2D eigenvalue weighted by molar-refractivity contribution is 6.09. The van der Waals surface area contributed by atoms with Crippen molar-refractivity contribution in [1.82, 2.24) is 5.43 Å². The molecule has 0 saturated carbocycles. The lowest BCUT2D eigenvalue weighted by atomic mass is 10.0. The minimum atomic E-state index is -0.848. The number of aromatic hydroxyl groups is 1. The summed E-state index contributed by atoms with van der Waals surface area (Å²) in [5.74, 6) is 3.44. The highest BCUT2D eigenvalue weighted by Gasteiger charge is 2.20. The van der Waals surface area contributed by atoms with Gasteiger partial charge in [-0.1, -0.05) is 24.3 Å². The predicted octanol–water partition coefficient (Wildman–Crippen LogP) is 2.28. The highest BCUT2D eigenvalue weighted by atomic mass is 16.6. The van der Waals surface area contributed by atoms with Gasteiger partial charge in [0, 0.05) is 17.0 Å². The van der Waals surface area contributed by atoms with Crippen LogP contribution in [0.25, 0.3) is 10.8 Å². The summed E-state index contributed by atoms with van der Waals surface area (Å²) in [6.07, 6.45) is 0. The third kappa shape index (κ3) is 3.39. The van der Waals surface area contributed by atoms with Crippen LogP contribution in [0.3, 0.4) is 0 Å². The van der Waals surface area contributed by atoms with E-state index in [9.17, 15) is 24.8 Å². The first-order valence-electron chi connectivity index (χ1n) is 7.64. The van der Waals surface area contributed by atoms with Crippen LogP contribution in [-0.4, -0.2) is 21.9 Å². The number of phenols is 1. The largest absolute Gasteiger partial charge is 0.502 e. The number of hydrazine groups is 1. The van der Waals surface area contributed by atoms with Crippen molar-refractivity contribution in [3.8, 4) is 11.5 Å². The average Bonchev–Trinajstić information content (AvgIpc) is 2.67. The summed E-state index contributed by atoms with van der Waals surface area (Å²) < 4.78 is 5.35. The number of nitrogens with one attached hydrogen (secondary N) is 1. The van der Waals surface area contributed by atoms with Crippen molar-refractivity contribution >= 4 is 28.3 Å².